The number of anilines is 1. The molecule has 2 aromatic rings. The van der Waals surface area contributed by atoms with E-state index >= 15 is 0 Å². The number of amides is 2. The van der Waals surface area contributed by atoms with Crippen molar-refractivity contribution in [3.05, 3.63) is 63.1 Å². The average Bonchev–Trinajstić information content (AvgIpc) is 3.30. The van der Waals surface area contributed by atoms with Crippen LogP contribution in [0.3, 0.4) is 0 Å². The molecule has 198 valence electrons. The monoisotopic (exact) mass is 556 g/mol. The van der Waals surface area contributed by atoms with Gasteiger partial charge in [0, 0.05) is 30.7 Å². The normalized spacial score (nSPS) is 17.2. The summed E-state index contributed by atoms with van der Waals surface area (Å²) >= 11 is 12.1. The van der Waals surface area contributed by atoms with Crippen LogP contribution in [0.2, 0.25) is 10.0 Å². The van der Waals surface area contributed by atoms with Gasteiger partial charge in [0.1, 0.15) is 0 Å². The zero-order valence-corrected chi connectivity index (χ0v) is 20.3. The first-order chi connectivity index (χ1) is 16.8. The predicted octanol–water partition coefficient (Wildman–Crippen LogP) is 6.28. The van der Waals surface area contributed by atoms with Crippen molar-refractivity contribution in [1.82, 2.24) is 16.0 Å². The van der Waals surface area contributed by atoms with E-state index in [1.807, 2.05) is 0 Å². The van der Waals surface area contributed by atoms with Gasteiger partial charge in [-0.25, -0.2) is 4.79 Å². The zero-order valence-electron chi connectivity index (χ0n) is 18.8. The van der Waals surface area contributed by atoms with Gasteiger partial charge >= 0.3 is 18.4 Å². The third kappa shape index (κ3) is 8.16. The predicted molar refractivity (Wildman–Crippen MR) is 127 cm³/mol. The van der Waals surface area contributed by atoms with Crippen LogP contribution in [0.25, 0.3) is 0 Å². The van der Waals surface area contributed by atoms with Gasteiger partial charge < -0.3 is 21.3 Å². The molecule has 1 saturated heterocycles. The lowest BCUT2D eigenvalue weighted by Crippen LogP contribution is -2.35. The quantitative estimate of drug-likeness (QED) is 0.289. The maximum Gasteiger partial charge on any atom is 0.416 e. The van der Waals surface area contributed by atoms with E-state index in [-0.39, 0.29) is 18.5 Å². The summed E-state index contributed by atoms with van der Waals surface area (Å²) < 4.78 is 78.5. The summed E-state index contributed by atoms with van der Waals surface area (Å²) in [7, 11) is 0. The van der Waals surface area contributed by atoms with Crippen molar-refractivity contribution in [2.75, 3.05) is 31.5 Å². The van der Waals surface area contributed by atoms with Crippen molar-refractivity contribution in [3.8, 4) is 0 Å². The molecule has 2 amide bonds. The van der Waals surface area contributed by atoms with Crippen LogP contribution in [0.1, 0.15) is 35.4 Å². The van der Waals surface area contributed by atoms with Gasteiger partial charge in [0.2, 0.25) is 0 Å². The molecule has 4 N–H and O–H groups in total. The largest absolute Gasteiger partial charge is 0.416 e. The maximum absolute atomic E-state index is 13.1. The van der Waals surface area contributed by atoms with Crippen LogP contribution >= 0.6 is 23.2 Å². The molecule has 2 unspecified atom stereocenters. The molecule has 1 heterocycles. The molecule has 5 nitrogen and oxygen atoms in total. The van der Waals surface area contributed by atoms with E-state index in [9.17, 15) is 31.1 Å². The van der Waals surface area contributed by atoms with E-state index in [2.05, 4.69) is 21.3 Å². The minimum Gasteiger partial charge on any atom is -0.337 e. The number of hydrogen-bond donors (Lipinski definition) is 4. The molecular formula is C23H24Cl2F6N4O. The highest BCUT2D eigenvalue weighted by Gasteiger charge is 2.37. The van der Waals surface area contributed by atoms with E-state index in [0.29, 0.717) is 41.2 Å². The zero-order chi connectivity index (χ0) is 26.5. The Hall–Kier alpha value is -2.21. The Morgan fingerprint density at radius 3 is 2.22 bits per heavy atom. The molecule has 0 aromatic heterocycles. The molecule has 1 fully saturated rings. The Morgan fingerprint density at radius 1 is 1.00 bits per heavy atom. The van der Waals surface area contributed by atoms with Crippen molar-refractivity contribution in [1.29, 1.82) is 0 Å². The van der Waals surface area contributed by atoms with E-state index < -0.39 is 35.2 Å². The number of urea groups is 1. The number of benzene rings is 2. The molecule has 36 heavy (non-hydrogen) atoms. The van der Waals surface area contributed by atoms with E-state index in [4.69, 9.17) is 23.2 Å². The van der Waals surface area contributed by atoms with Gasteiger partial charge in [0.15, 0.2) is 0 Å². The lowest BCUT2D eigenvalue weighted by molar-refractivity contribution is -0.143. The number of rotatable bonds is 8. The summed E-state index contributed by atoms with van der Waals surface area (Å²) in [6, 6.07) is 5.29. The molecule has 0 aliphatic carbocycles. The van der Waals surface area contributed by atoms with Crippen molar-refractivity contribution in [2.45, 2.75) is 37.2 Å². The van der Waals surface area contributed by atoms with Gasteiger partial charge in [-0.3, -0.25) is 0 Å². The Balaban J connectivity index is 1.69. The second-order valence-corrected chi connectivity index (χ2v) is 9.25. The number of carbonyl (C=O) groups excluding carboxylic acids is 1. The van der Waals surface area contributed by atoms with Gasteiger partial charge in [-0.15, -0.1) is 0 Å². The molecule has 0 saturated carbocycles. The van der Waals surface area contributed by atoms with Gasteiger partial charge in [-0.2, -0.15) is 26.3 Å². The van der Waals surface area contributed by atoms with Crippen LogP contribution < -0.4 is 21.3 Å². The maximum atomic E-state index is 13.1. The molecule has 2 aromatic carbocycles. The molecule has 2 atom stereocenters. The SMILES string of the molecule is O=C(NCC(CCNC1CCNC1)c1ccc(Cl)c(Cl)c1)Nc1cc(C(F)(F)F)cc(C(F)(F)F)c1. The fraction of sp³-hybridized carbons (Fsp3) is 0.435. The highest BCUT2D eigenvalue weighted by atomic mass is 35.5. The number of alkyl halides is 6. The Kier molecular flexibility index (Phi) is 9.37. The fourth-order valence-corrected chi connectivity index (χ4v) is 4.17. The van der Waals surface area contributed by atoms with Crippen molar-refractivity contribution in [3.63, 3.8) is 0 Å². The minimum atomic E-state index is -5.02. The molecular weight excluding hydrogens is 533 g/mol. The average molecular weight is 557 g/mol. The third-order valence-corrected chi connectivity index (χ3v) is 6.49. The second kappa shape index (κ2) is 11.9. The highest BCUT2D eigenvalue weighted by molar-refractivity contribution is 6.42. The van der Waals surface area contributed by atoms with Crippen LogP contribution in [0.15, 0.2) is 36.4 Å². The van der Waals surface area contributed by atoms with Gasteiger partial charge in [0.05, 0.1) is 21.2 Å². The van der Waals surface area contributed by atoms with E-state index in [0.717, 1.165) is 25.1 Å². The van der Waals surface area contributed by atoms with Crippen LogP contribution in [-0.4, -0.2) is 38.3 Å². The van der Waals surface area contributed by atoms with Crippen molar-refractivity contribution >= 4 is 34.9 Å². The number of halogens is 8. The molecule has 0 radical (unpaired) electrons. The van der Waals surface area contributed by atoms with E-state index in [1.54, 1.807) is 18.2 Å². The molecule has 1 aliphatic heterocycles. The first-order valence-corrected chi connectivity index (χ1v) is 11.8. The summed E-state index contributed by atoms with van der Waals surface area (Å²) in [6.45, 7) is 2.43. The molecule has 1 aliphatic rings. The van der Waals surface area contributed by atoms with Crippen LogP contribution in [0.4, 0.5) is 36.8 Å². The van der Waals surface area contributed by atoms with E-state index in [1.165, 1.54) is 0 Å². The number of nitrogens with one attached hydrogen (secondary N) is 4. The first kappa shape index (κ1) is 28.4. The molecule has 13 heteroatoms. The fourth-order valence-electron chi connectivity index (χ4n) is 3.86. The van der Waals surface area contributed by atoms with Gasteiger partial charge in [0.25, 0.3) is 0 Å². The summed E-state index contributed by atoms with van der Waals surface area (Å²) in [5.74, 6) is -0.250. The molecule has 3 rings (SSSR count). The molecule has 0 spiro atoms. The topological polar surface area (TPSA) is 65.2 Å². The van der Waals surface area contributed by atoms with Crippen LogP contribution in [-0.2, 0) is 12.4 Å². The smallest absolute Gasteiger partial charge is 0.337 e. The highest BCUT2D eigenvalue weighted by Crippen LogP contribution is 2.37. The molecule has 0 bridgehead atoms. The standard InChI is InChI=1S/C23H24Cl2F6N4O/c24-19-2-1-13(7-20(19)25)14(3-6-33-17-4-5-32-12-17)11-34-21(36)35-18-9-15(22(26,27)28)8-16(10-18)23(29,30)31/h1-2,7-10,14,17,32-33H,3-6,11-12H2,(H2,34,35,36). The minimum absolute atomic E-state index is 0.00371. The third-order valence-electron chi connectivity index (χ3n) is 5.76. The van der Waals surface area contributed by atoms with Crippen molar-refractivity contribution < 1.29 is 31.1 Å². The van der Waals surface area contributed by atoms with Crippen LogP contribution in [0.5, 0.6) is 0 Å². The summed E-state index contributed by atoms with van der Waals surface area (Å²) in [6.07, 6.45) is -8.48. The number of carbonyl (C=O) groups is 1. The van der Waals surface area contributed by atoms with Crippen molar-refractivity contribution in [2.24, 2.45) is 0 Å². The van der Waals surface area contributed by atoms with Gasteiger partial charge in [-0.1, -0.05) is 29.3 Å². The Bertz CT molecular complexity index is 1030. The second-order valence-electron chi connectivity index (χ2n) is 8.43. The summed E-state index contributed by atoms with van der Waals surface area (Å²) in [5.41, 5.74) is -2.90. The number of hydrogen-bond acceptors (Lipinski definition) is 3. The first-order valence-electron chi connectivity index (χ1n) is 11.1. The summed E-state index contributed by atoms with van der Waals surface area (Å²) in [5, 5.41) is 11.9. The lowest BCUT2D eigenvalue weighted by atomic mass is 9.95. The van der Waals surface area contributed by atoms with Crippen LogP contribution in [0, 0.1) is 0 Å². The lowest BCUT2D eigenvalue weighted by Gasteiger charge is -2.21. The van der Waals surface area contributed by atoms with Gasteiger partial charge in [-0.05, 0) is 61.8 Å². The summed E-state index contributed by atoms with van der Waals surface area (Å²) in [4.78, 5) is 12.4. The Morgan fingerprint density at radius 2 is 1.67 bits per heavy atom. The Labute approximate surface area is 213 Å².